The molecule has 0 fully saturated rings. The molecule has 4 rings (SSSR count). The maximum atomic E-state index is 9.62. The van der Waals surface area contributed by atoms with Gasteiger partial charge in [0.2, 0.25) is 11.8 Å². The molecule has 0 saturated carbocycles. The second kappa shape index (κ2) is 5.51. The van der Waals surface area contributed by atoms with Crippen molar-refractivity contribution in [3.8, 4) is 23.2 Å². The molecule has 120 valence electrons. The van der Waals surface area contributed by atoms with Crippen LogP contribution in [0.5, 0.6) is 5.88 Å². The van der Waals surface area contributed by atoms with E-state index in [9.17, 15) is 5.26 Å². The van der Waals surface area contributed by atoms with Crippen molar-refractivity contribution in [2.45, 2.75) is 19.8 Å². The van der Waals surface area contributed by atoms with Crippen LogP contribution in [0.2, 0.25) is 0 Å². The van der Waals surface area contributed by atoms with E-state index in [2.05, 4.69) is 36.2 Å². The van der Waals surface area contributed by atoms with Gasteiger partial charge in [0, 0.05) is 15.3 Å². The molecule has 1 aliphatic heterocycles. The Morgan fingerprint density at radius 1 is 1.42 bits per heavy atom. The summed E-state index contributed by atoms with van der Waals surface area (Å²) in [5.74, 6) is 0.303. The fraction of sp³-hybridized carbons (Fsp3) is 0.176. The molecule has 0 bridgehead atoms. The number of thiophene rings is 2. The molecule has 0 aromatic carbocycles. The fourth-order valence-electron chi connectivity index (χ4n) is 3.10. The summed E-state index contributed by atoms with van der Waals surface area (Å²) in [6.07, 6.45) is 0. The number of nitrogens with two attached hydrogens (primary N) is 1. The Balaban J connectivity index is 1.97. The smallest absolute Gasteiger partial charge is 0.244 e. The van der Waals surface area contributed by atoms with Crippen LogP contribution < -0.4 is 10.5 Å². The molecule has 5 nitrogen and oxygen atoms in total. The lowest BCUT2D eigenvalue weighted by Crippen LogP contribution is -2.20. The summed E-state index contributed by atoms with van der Waals surface area (Å²) in [5, 5.41) is 21.0. The van der Waals surface area contributed by atoms with Crippen molar-refractivity contribution < 1.29 is 4.74 Å². The van der Waals surface area contributed by atoms with Crippen molar-refractivity contribution in [2.75, 3.05) is 0 Å². The molecule has 1 aliphatic rings. The number of nitrogens with zero attached hydrogens (tertiary/aromatic N) is 2. The summed E-state index contributed by atoms with van der Waals surface area (Å²) in [6.45, 7) is 4.16. The second-order valence-corrected chi connectivity index (χ2v) is 7.87. The molecule has 0 spiro atoms. The molecule has 7 heteroatoms. The largest absolute Gasteiger partial charge is 0.420 e. The lowest BCUT2D eigenvalue weighted by atomic mass is 9.84. The van der Waals surface area contributed by atoms with Crippen molar-refractivity contribution in [1.82, 2.24) is 10.2 Å². The average Bonchev–Trinajstić information content (AvgIpc) is 3.26. The van der Waals surface area contributed by atoms with E-state index in [1.54, 1.807) is 22.7 Å². The first kappa shape index (κ1) is 15.0. The Morgan fingerprint density at radius 2 is 2.25 bits per heavy atom. The Labute approximate surface area is 147 Å². The van der Waals surface area contributed by atoms with Gasteiger partial charge >= 0.3 is 0 Å². The Morgan fingerprint density at radius 3 is 2.88 bits per heavy atom. The van der Waals surface area contributed by atoms with Crippen LogP contribution in [0, 0.1) is 25.2 Å². The molecular weight excluding hydrogens is 340 g/mol. The number of hydrogen-bond donors (Lipinski definition) is 2. The number of ether oxygens (including phenoxy) is 1. The highest BCUT2D eigenvalue weighted by Crippen LogP contribution is 2.47. The van der Waals surface area contributed by atoms with Crippen molar-refractivity contribution in [3.05, 3.63) is 55.2 Å². The summed E-state index contributed by atoms with van der Waals surface area (Å²) in [6, 6.07) is 6.36. The van der Waals surface area contributed by atoms with Gasteiger partial charge in [0.25, 0.3) is 0 Å². The number of aromatic nitrogens is 2. The number of hydrogen-bond acceptors (Lipinski definition) is 6. The van der Waals surface area contributed by atoms with Gasteiger partial charge < -0.3 is 10.5 Å². The molecule has 1 atom stereocenters. The maximum absolute atomic E-state index is 9.62. The number of H-pyrrole nitrogens is 1. The minimum Gasteiger partial charge on any atom is -0.420 e. The van der Waals surface area contributed by atoms with E-state index < -0.39 is 0 Å². The van der Waals surface area contributed by atoms with Gasteiger partial charge in [-0.2, -0.15) is 16.6 Å². The minimum atomic E-state index is -0.265. The van der Waals surface area contributed by atoms with Gasteiger partial charge in [0.15, 0.2) is 0 Å². The topological polar surface area (TPSA) is 87.7 Å². The number of fused-ring (bicyclic) bond motifs is 1. The molecule has 0 aliphatic carbocycles. The molecular formula is C17H14N4OS2. The zero-order valence-electron chi connectivity index (χ0n) is 13.1. The number of allylic oxidation sites excluding steroid dienone is 1. The molecule has 3 aromatic heterocycles. The van der Waals surface area contributed by atoms with Gasteiger partial charge in [-0.3, -0.25) is 5.10 Å². The molecule has 3 N–H and O–H groups in total. The third kappa shape index (κ3) is 2.15. The molecule has 3 aromatic rings. The highest BCUT2D eigenvalue weighted by atomic mass is 32.1. The van der Waals surface area contributed by atoms with Gasteiger partial charge in [0.1, 0.15) is 11.6 Å². The van der Waals surface area contributed by atoms with E-state index in [-0.39, 0.29) is 11.8 Å². The van der Waals surface area contributed by atoms with Gasteiger partial charge in [-0.05, 0) is 42.3 Å². The van der Waals surface area contributed by atoms with Crippen LogP contribution in [0.25, 0.3) is 11.3 Å². The van der Waals surface area contributed by atoms with Crippen LogP contribution in [0.1, 0.15) is 26.8 Å². The maximum Gasteiger partial charge on any atom is 0.244 e. The third-order valence-corrected chi connectivity index (χ3v) is 5.79. The van der Waals surface area contributed by atoms with Gasteiger partial charge in [0.05, 0.1) is 17.2 Å². The van der Waals surface area contributed by atoms with Gasteiger partial charge in [-0.15, -0.1) is 16.4 Å². The second-order valence-electron chi connectivity index (χ2n) is 5.63. The summed E-state index contributed by atoms with van der Waals surface area (Å²) in [4.78, 5) is 2.43. The zero-order valence-corrected chi connectivity index (χ0v) is 14.7. The number of nitriles is 1. The lowest BCUT2D eigenvalue weighted by molar-refractivity contribution is 0.379. The van der Waals surface area contributed by atoms with Crippen molar-refractivity contribution >= 4 is 22.7 Å². The van der Waals surface area contributed by atoms with Crippen molar-refractivity contribution in [1.29, 1.82) is 5.26 Å². The van der Waals surface area contributed by atoms with Gasteiger partial charge in [-0.1, -0.05) is 0 Å². The number of nitrogens with one attached hydrogen (secondary N) is 1. The van der Waals surface area contributed by atoms with Crippen LogP contribution in [0.15, 0.2) is 34.3 Å². The van der Waals surface area contributed by atoms with Crippen molar-refractivity contribution in [2.24, 2.45) is 5.73 Å². The van der Waals surface area contributed by atoms with Crippen LogP contribution in [-0.4, -0.2) is 10.2 Å². The van der Waals surface area contributed by atoms with Crippen molar-refractivity contribution in [3.63, 3.8) is 0 Å². The predicted octanol–water partition coefficient (Wildman–Crippen LogP) is 4.03. The first-order valence-corrected chi connectivity index (χ1v) is 9.11. The predicted molar refractivity (Wildman–Crippen MR) is 95.0 cm³/mol. The molecule has 0 unspecified atom stereocenters. The number of aryl methyl sites for hydroxylation is 2. The van der Waals surface area contributed by atoms with E-state index in [1.165, 1.54) is 9.75 Å². The zero-order chi connectivity index (χ0) is 16.8. The Kier molecular flexibility index (Phi) is 3.44. The normalized spacial score (nSPS) is 16.6. The first-order chi connectivity index (χ1) is 11.6. The van der Waals surface area contributed by atoms with Crippen LogP contribution in [-0.2, 0) is 0 Å². The quantitative estimate of drug-likeness (QED) is 0.727. The molecule has 0 radical (unpaired) electrons. The Bertz CT molecular complexity index is 989. The van der Waals surface area contributed by atoms with Crippen LogP contribution >= 0.6 is 22.7 Å². The summed E-state index contributed by atoms with van der Waals surface area (Å²) < 4.78 is 5.61. The summed E-state index contributed by atoms with van der Waals surface area (Å²) in [7, 11) is 0. The van der Waals surface area contributed by atoms with E-state index in [4.69, 9.17) is 10.5 Å². The molecule has 0 saturated heterocycles. The monoisotopic (exact) mass is 354 g/mol. The first-order valence-electron chi connectivity index (χ1n) is 7.35. The lowest BCUT2D eigenvalue weighted by Gasteiger charge is -2.23. The summed E-state index contributed by atoms with van der Waals surface area (Å²) in [5.41, 5.74) is 10.3. The van der Waals surface area contributed by atoms with E-state index in [0.717, 1.165) is 22.4 Å². The minimum absolute atomic E-state index is 0.123. The highest BCUT2D eigenvalue weighted by molar-refractivity contribution is 7.12. The van der Waals surface area contributed by atoms with Crippen LogP contribution in [0.3, 0.4) is 0 Å². The average molecular weight is 354 g/mol. The number of aromatic amines is 1. The highest BCUT2D eigenvalue weighted by Gasteiger charge is 2.36. The van der Waals surface area contributed by atoms with Crippen LogP contribution in [0.4, 0.5) is 0 Å². The third-order valence-electron chi connectivity index (χ3n) is 4.13. The SMILES string of the molecule is Cc1cc(-c2[nH]nc3c2[C@@H](c2ccsc2)C(C#N)=C(N)O3)c(C)s1. The standard InChI is InChI=1S/C17H14N4OS2/c1-8-5-11(9(2)24-8)15-14-13(10-3-4-23-7-10)12(6-18)16(19)22-17(14)21-20-15/h3-5,7,13H,19H2,1-2H3,(H,20,21)/t13-/m0/s1. The van der Waals surface area contributed by atoms with E-state index in [1.807, 2.05) is 16.8 Å². The molecule has 24 heavy (non-hydrogen) atoms. The number of rotatable bonds is 2. The fourth-order valence-corrected chi connectivity index (χ4v) is 4.72. The van der Waals surface area contributed by atoms with E-state index in [0.29, 0.717) is 11.5 Å². The van der Waals surface area contributed by atoms with Gasteiger partial charge in [-0.25, -0.2) is 0 Å². The molecule has 0 amide bonds. The summed E-state index contributed by atoms with van der Waals surface area (Å²) >= 11 is 3.33. The Hall–Kier alpha value is -2.56. The molecule has 4 heterocycles. The van der Waals surface area contributed by atoms with E-state index >= 15 is 0 Å².